The second-order valence-corrected chi connectivity index (χ2v) is 8.54. The second kappa shape index (κ2) is 5.83. The number of ether oxygens (including phenoxy) is 1. The summed E-state index contributed by atoms with van der Waals surface area (Å²) in [6, 6.07) is 5.83. The number of nitrogens with zero attached hydrogens (tertiary/aromatic N) is 3. The Kier molecular flexibility index (Phi) is 3.84. The lowest BCUT2D eigenvalue weighted by Gasteiger charge is -2.47. The Hall–Kier alpha value is -1.11. The molecule has 4 heterocycles. The molecule has 1 atom stereocenters. The van der Waals surface area contributed by atoms with E-state index in [1.54, 1.807) is 17.5 Å². The predicted octanol–water partition coefficient (Wildman–Crippen LogP) is 2.99. The van der Waals surface area contributed by atoms with Gasteiger partial charge in [0.25, 0.3) is 0 Å². The van der Waals surface area contributed by atoms with E-state index in [9.17, 15) is 0 Å². The quantitative estimate of drug-likeness (QED) is 0.860. The highest BCUT2D eigenvalue weighted by molar-refractivity contribution is 8.01. The molecule has 0 saturated carbocycles. The Balaban J connectivity index is 1.30. The minimum atomic E-state index is 0.298. The van der Waals surface area contributed by atoms with Crippen LogP contribution in [0.2, 0.25) is 0 Å². The zero-order valence-electron chi connectivity index (χ0n) is 12.6. The summed E-state index contributed by atoms with van der Waals surface area (Å²) in [6.07, 6.45) is 3.22. The van der Waals surface area contributed by atoms with Gasteiger partial charge in [-0.05, 0) is 13.0 Å². The summed E-state index contributed by atoms with van der Waals surface area (Å²) in [5.74, 6) is 1.82. The number of hydrogen-bond donors (Lipinski definition) is 0. The summed E-state index contributed by atoms with van der Waals surface area (Å²) < 4.78 is 6.41. The molecule has 0 aromatic carbocycles. The molecule has 22 heavy (non-hydrogen) atoms. The molecule has 2 aromatic heterocycles. The first-order valence-electron chi connectivity index (χ1n) is 7.55. The summed E-state index contributed by atoms with van der Waals surface area (Å²) in [4.78, 5) is 12.5. The van der Waals surface area contributed by atoms with Crippen LogP contribution >= 0.6 is 23.1 Å². The molecule has 0 aliphatic carbocycles. The number of rotatable bonds is 4. The van der Waals surface area contributed by atoms with E-state index >= 15 is 0 Å². The minimum Gasteiger partial charge on any atom is -0.473 e. The molecular weight excluding hydrogens is 314 g/mol. The highest BCUT2D eigenvalue weighted by Gasteiger charge is 2.49. The fraction of sp³-hybridized carbons (Fsp3) is 0.500. The van der Waals surface area contributed by atoms with Crippen molar-refractivity contribution in [3.05, 3.63) is 40.5 Å². The largest absolute Gasteiger partial charge is 0.473 e. The van der Waals surface area contributed by atoms with Crippen LogP contribution in [0.5, 0.6) is 5.88 Å². The standard InChI is InChI=1S/C16H19N3OS2/c1-12-14(21-11-18-12)7-19-9-16(10-19)6-13(8-22-16)20-15-4-2-3-5-17-15/h2-5,11,13H,6-10H2,1H3/t13-/m1/s1. The van der Waals surface area contributed by atoms with E-state index in [1.165, 1.54) is 10.6 Å². The van der Waals surface area contributed by atoms with Crippen molar-refractivity contribution in [1.82, 2.24) is 14.9 Å². The Morgan fingerprint density at radius 1 is 1.36 bits per heavy atom. The molecule has 4 nitrogen and oxygen atoms in total. The maximum absolute atomic E-state index is 6.01. The van der Waals surface area contributed by atoms with Crippen LogP contribution < -0.4 is 4.74 Å². The van der Waals surface area contributed by atoms with E-state index in [0.717, 1.165) is 37.7 Å². The summed E-state index contributed by atoms with van der Waals surface area (Å²) in [5.41, 5.74) is 3.13. The van der Waals surface area contributed by atoms with E-state index in [4.69, 9.17) is 4.74 Å². The van der Waals surface area contributed by atoms with E-state index in [1.807, 2.05) is 23.7 Å². The van der Waals surface area contributed by atoms with E-state index in [0.29, 0.717) is 10.9 Å². The molecule has 1 spiro atoms. The first-order valence-corrected chi connectivity index (χ1v) is 9.42. The van der Waals surface area contributed by atoms with Gasteiger partial charge in [0.2, 0.25) is 5.88 Å². The van der Waals surface area contributed by atoms with E-state index < -0.39 is 0 Å². The topological polar surface area (TPSA) is 38.2 Å². The van der Waals surface area contributed by atoms with Crippen molar-refractivity contribution in [3.8, 4) is 5.88 Å². The van der Waals surface area contributed by atoms with Crippen LogP contribution in [0.25, 0.3) is 0 Å². The number of likely N-dealkylation sites (tertiary alicyclic amines) is 1. The number of pyridine rings is 1. The predicted molar refractivity (Wildman–Crippen MR) is 90.6 cm³/mol. The van der Waals surface area contributed by atoms with Gasteiger partial charge in [-0.1, -0.05) is 6.07 Å². The van der Waals surface area contributed by atoms with Gasteiger partial charge >= 0.3 is 0 Å². The van der Waals surface area contributed by atoms with Crippen LogP contribution in [0.3, 0.4) is 0 Å². The van der Waals surface area contributed by atoms with Crippen molar-refractivity contribution >= 4 is 23.1 Å². The molecule has 0 N–H and O–H groups in total. The molecule has 6 heteroatoms. The van der Waals surface area contributed by atoms with E-state index in [2.05, 4.69) is 33.6 Å². The van der Waals surface area contributed by atoms with Crippen LogP contribution in [0.15, 0.2) is 29.9 Å². The first kappa shape index (κ1) is 14.5. The summed E-state index contributed by atoms with van der Waals surface area (Å²) >= 11 is 3.84. The van der Waals surface area contributed by atoms with Crippen molar-refractivity contribution in [2.24, 2.45) is 0 Å². The lowest BCUT2D eigenvalue weighted by atomic mass is 9.93. The van der Waals surface area contributed by atoms with Crippen molar-refractivity contribution < 1.29 is 4.74 Å². The Labute approximate surface area is 138 Å². The van der Waals surface area contributed by atoms with Gasteiger partial charge in [0.05, 0.1) is 11.2 Å². The van der Waals surface area contributed by atoms with Gasteiger partial charge in [-0.25, -0.2) is 9.97 Å². The van der Waals surface area contributed by atoms with Gasteiger partial charge in [0.15, 0.2) is 0 Å². The normalized spacial score (nSPS) is 23.6. The first-order chi connectivity index (χ1) is 10.7. The fourth-order valence-electron chi connectivity index (χ4n) is 3.25. The third-order valence-electron chi connectivity index (χ3n) is 4.34. The molecule has 0 radical (unpaired) electrons. The van der Waals surface area contributed by atoms with Gasteiger partial charge in [-0.2, -0.15) is 0 Å². The average Bonchev–Trinajstić information content (AvgIpc) is 3.07. The highest BCUT2D eigenvalue weighted by atomic mass is 32.2. The van der Waals surface area contributed by atoms with Crippen LogP contribution in [0.4, 0.5) is 0 Å². The van der Waals surface area contributed by atoms with E-state index in [-0.39, 0.29) is 0 Å². The lowest BCUT2D eigenvalue weighted by molar-refractivity contribution is 0.0915. The smallest absolute Gasteiger partial charge is 0.213 e. The minimum absolute atomic E-state index is 0.298. The third kappa shape index (κ3) is 2.87. The van der Waals surface area contributed by atoms with Crippen LogP contribution in [0, 0.1) is 6.92 Å². The molecule has 116 valence electrons. The third-order valence-corrected chi connectivity index (χ3v) is 6.83. The molecule has 0 bridgehead atoms. The summed E-state index contributed by atoms with van der Waals surface area (Å²) in [7, 11) is 0. The van der Waals surface area contributed by atoms with Gasteiger partial charge in [-0.3, -0.25) is 4.90 Å². The molecule has 0 unspecified atom stereocenters. The Morgan fingerprint density at radius 2 is 2.27 bits per heavy atom. The second-order valence-electron chi connectivity index (χ2n) is 6.11. The molecule has 2 fully saturated rings. The molecular formula is C16H19N3OS2. The number of thioether (sulfide) groups is 1. The summed E-state index contributed by atoms with van der Waals surface area (Å²) in [6.45, 7) is 5.47. The molecule has 0 amide bonds. The molecule has 4 rings (SSSR count). The average molecular weight is 333 g/mol. The SMILES string of the molecule is Cc1ncsc1CN1CC2(C[C@@H](Oc3ccccn3)CS2)C1. The maximum Gasteiger partial charge on any atom is 0.213 e. The zero-order valence-corrected chi connectivity index (χ0v) is 14.2. The Bertz CT molecular complexity index is 640. The van der Waals surface area contributed by atoms with Gasteiger partial charge in [-0.15, -0.1) is 23.1 Å². The van der Waals surface area contributed by atoms with Crippen molar-refractivity contribution in [1.29, 1.82) is 0 Å². The van der Waals surface area contributed by atoms with Gasteiger partial charge in [0, 0.05) is 53.7 Å². The molecule has 2 saturated heterocycles. The molecule has 2 aromatic rings. The monoisotopic (exact) mass is 333 g/mol. The van der Waals surface area contributed by atoms with Crippen LogP contribution in [0.1, 0.15) is 17.0 Å². The maximum atomic E-state index is 6.01. The fourth-order valence-corrected chi connectivity index (χ4v) is 5.64. The van der Waals surface area contributed by atoms with Crippen molar-refractivity contribution in [3.63, 3.8) is 0 Å². The van der Waals surface area contributed by atoms with Gasteiger partial charge in [0.1, 0.15) is 6.10 Å². The zero-order chi connectivity index (χ0) is 15.0. The number of aryl methyl sites for hydroxylation is 1. The number of aromatic nitrogens is 2. The highest BCUT2D eigenvalue weighted by Crippen LogP contribution is 2.46. The molecule has 2 aliphatic rings. The number of hydrogen-bond acceptors (Lipinski definition) is 6. The van der Waals surface area contributed by atoms with Crippen molar-refractivity contribution in [2.45, 2.75) is 30.7 Å². The van der Waals surface area contributed by atoms with Crippen LogP contribution in [-0.2, 0) is 6.54 Å². The molecule has 2 aliphatic heterocycles. The van der Waals surface area contributed by atoms with Crippen molar-refractivity contribution in [2.75, 3.05) is 18.8 Å². The van der Waals surface area contributed by atoms with Gasteiger partial charge < -0.3 is 4.74 Å². The summed E-state index contributed by atoms with van der Waals surface area (Å²) in [5, 5.41) is 0. The van der Waals surface area contributed by atoms with Crippen LogP contribution in [-0.4, -0.2) is 44.6 Å². The lowest BCUT2D eigenvalue weighted by Crippen LogP contribution is -2.58. The Morgan fingerprint density at radius 3 is 3.00 bits per heavy atom. The number of thiazole rings is 1.